The first kappa shape index (κ1) is 21.4. The van der Waals surface area contributed by atoms with Crippen LogP contribution in [0.5, 0.6) is 0 Å². The number of hydrogen-bond acceptors (Lipinski definition) is 6. The van der Waals surface area contributed by atoms with Crippen LogP contribution in [-0.2, 0) is 27.9 Å². The topological polar surface area (TPSA) is 46.4 Å². The Labute approximate surface area is 190 Å². The SMILES string of the molecule is CCc1cc2c(s1)CCO[C@@]21CCN(CC(=C/C2=C(C)[C@H]3CC[C@@H]3O2)/N=N\C)[C@@H](C)C1. The molecule has 5 rings (SSSR count). The van der Waals surface area contributed by atoms with E-state index in [0.29, 0.717) is 18.1 Å². The van der Waals surface area contributed by atoms with Gasteiger partial charge in [0.25, 0.3) is 0 Å². The van der Waals surface area contributed by atoms with Crippen LogP contribution in [0.25, 0.3) is 0 Å². The van der Waals surface area contributed by atoms with Crippen LogP contribution in [0.3, 0.4) is 0 Å². The van der Waals surface area contributed by atoms with Crippen LogP contribution in [0.2, 0.25) is 0 Å². The van der Waals surface area contributed by atoms with Crippen molar-refractivity contribution < 1.29 is 9.47 Å². The van der Waals surface area contributed by atoms with Crippen molar-refractivity contribution in [2.45, 2.75) is 77.0 Å². The number of nitrogens with zero attached hydrogens (tertiary/aromatic N) is 3. The zero-order chi connectivity index (χ0) is 21.6. The van der Waals surface area contributed by atoms with Gasteiger partial charge in [-0.3, -0.25) is 4.90 Å². The van der Waals surface area contributed by atoms with E-state index in [4.69, 9.17) is 9.47 Å². The van der Waals surface area contributed by atoms with Crippen molar-refractivity contribution in [1.82, 2.24) is 4.90 Å². The van der Waals surface area contributed by atoms with Gasteiger partial charge >= 0.3 is 0 Å². The fourth-order valence-corrected chi connectivity index (χ4v) is 6.97. The molecule has 1 saturated carbocycles. The van der Waals surface area contributed by atoms with Crippen molar-refractivity contribution in [1.29, 1.82) is 0 Å². The molecule has 0 amide bonds. The number of azo groups is 1. The molecular weight excluding hydrogens is 406 g/mol. The molecule has 0 radical (unpaired) electrons. The summed E-state index contributed by atoms with van der Waals surface area (Å²) in [6.07, 6.45) is 9.25. The number of piperidine rings is 1. The highest BCUT2D eigenvalue weighted by Gasteiger charge is 2.45. The highest BCUT2D eigenvalue weighted by atomic mass is 32.1. The average Bonchev–Trinajstić information content (AvgIpc) is 3.25. The Bertz CT molecular complexity index is 933. The Morgan fingerprint density at radius 2 is 2.26 bits per heavy atom. The quantitative estimate of drug-likeness (QED) is 0.558. The summed E-state index contributed by atoms with van der Waals surface area (Å²) in [5.41, 5.74) is 3.76. The van der Waals surface area contributed by atoms with Crippen molar-refractivity contribution in [3.8, 4) is 0 Å². The monoisotopic (exact) mass is 441 g/mol. The molecule has 0 unspecified atom stereocenters. The van der Waals surface area contributed by atoms with E-state index < -0.39 is 0 Å². The lowest BCUT2D eigenvalue weighted by molar-refractivity contribution is -0.109. The van der Waals surface area contributed by atoms with Gasteiger partial charge in [-0.25, -0.2) is 0 Å². The van der Waals surface area contributed by atoms with Gasteiger partial charge in [0.05, 0.1) is 17.9 Å². The molecule has 1 spiro atoms. The summed E-state index contributed by atoms with van der Waals surface area (Å²) >= 11 is 2.00. The lowest BCUT2D eigenvalue weighted by Gasteiger charge is -2.47. The molecule has 0 bridgehead atoms. The molecule has 3 aliphatic heterocycles. The van der Waals surface area contributed by atoms with E-state index in [1.807, 2.05) is 11.3 Å². The Morgan fingerprint density at radius 3 is 2.90 bits per heavy atom. The summed E-state index contributed by atoms with van der Waals surface area (Å²) in [4.78, 5) is 5.59. The van der Waals surface area contributed by atoms with Gasteiger partial charge < -0.3 is 9.47 Å². The number of ether oxygens (including phenoxy) is 2. The molecule has 1 aromatic rings. The summed E-state index contributed by atoms with van der Waals surface area (Å²) in [6.45, 7) is 9.48. The summed E-state index contributed by atoms with van der Waals surface area (Å²) in [5, 5.41) is 8.58. The van der Waals surface area contributed by atoms with E-state index in [0.717, 1.165) is 56.8 Å². The number of aryl methyl sites for hydroxylation is 1. The number of fused-ring (bicyclic) bond motifs is 3. The molecule has 4 aliphatic rings. The second-order valence-electron chi connectivity index (χ2n) is 9.59. The maximum absolute atomic E-state index is 6.51. The molecule has 1 aromatic heterocycles. The molecule has 5 nitrogen and oxygen atoms in total. The zero-order valence-electron chi connectivity index (χ0n) is 19.3. The number of likely N-dealkylation sites (tertiary alicyclic amines) is 1. The fraction of sp³-hybridized carbons (Fsp3) is 0.680. The number of allylic oxidation sites excluding steroid dienone is 1. The Hall–Kier alpha value is -1.50. The largest absolute Gasteiger partial charge is 0.490 e. The molecule has 168 valence electrons. The Balaban J connectivity index is 1.32. The van der Waals surface area contributed by atoms with Gasteiger partial charge in [-0.1, -0.05) is 6.92 Å². The minimum absolute atomic E-state index is 0.101. The molecule has 0 aromatic carbocycles. The summed E-state index contributed by atoms with van der Waals surface area (Å²) in [6, 6.07) is 2.86. The highest BCUT2D eigenvalue weighted by molar-refractivity contribution is 7.12. The number of rotatable bonds is 5. The molecule has 4 heterocycles. The normalized spacial score (nSPS) is 33.5. The van der Waals surface area contributed by atoms with E-state index in [2.05, 4.69) is 48.0 Å². The smallest absolute Gasteiger partial charge is 0.121 e. The van der Waals surface area contributed by atoms with Crippen LogP contribution in [0.15, 0.2) is 39.4 Å². The fourth-order valence-electron chi connectivity index (χ4n) is 5.80. The van der Waals surface area contributed by atoms with E-state index in [-0.39, 0.29) is 5.60 Å². The summed E-state index contributed by atoms with van der Waals surface area (Å²) in [7, 11) is 1.75. The van der Waals surface area contributed by atoms with E-state index in [9.17, 15) is 0 Å². The van der Waals surface area contributed by atoms with Crippen molar-refractivity contribution >= 4 is 11.3 Å². The van der Waals surface area contributed by atoms with Crippen LogP contribution in [0.1, 0.15) is 61.8 Å². The van der Waals surface area contributed by atoms with Gasteiger partial charge in [-0.05, 0) is 63.2 Å². The van der Waals surface area contributed by atoms with Gasteiger partial charge in [0.15, 0.2) is 0 Å². The first-order valence-electron chi connectivity index (χ1n) is 11.9. The van der Waals surface area contributed by atoms with Crippen LogP contribution in [-0.4, -0.2) is 43.8 Å². The zero-order valence-corrected chi connectivity index (χ0v) is 20.1. The number of hydrogen-bond donors (Lipinski definition) is 0. The van der Waals surface area contributed by atoms with Crippen molar-refractivity contribution in [3.63, 3.8) is 0 Å². The van der Waals surface area contributed by atoms with Gasteiger partial charge in [0, 0.05) is 54.3 Å². The van der Waals surface area contributed by atoms with Crippen molar-refractivity contribution in [2.24, 2.45) is 16.1 Å². The molecule has 2 fully saturated rings. The first-order chi connectivity index (χ1) is 15.0. The van der Waals surface area contributed by atoms with Crippen molar-refractivity contribution in [3.05, 3.63) is 44.5 Å². The van der Waals surface area contributed by atoms with Crippen LogP contribution < -0.4 is 0 Å². The highest BCUT2D eigenvalue weighted by Crippen LogP contribution is 2.47. The first-order valence-corrected chi connectivity index (χ1v) is 12.7. The van der Waals surface area contributed by atoms with Crippen LogP contribution in [0.4, 0.5) is 0 Å². The summed E-state index contributed by atoms with van der Waals surface area (Å²) in [5.74, 6) is 1.65. The summed E-state index contributed by atoms with van der Waals surface area (Å²) < 4.78 is 12.7. The third kappa shape index (κ3) is 3.81. The maximum Gasteiger partial charge on any atom is 0.121 e. The average molecular weight is 442 g/mol. The van der Waals surface area contributed by atoms with Gasteiger partial charge in [0.1, 0.15) is 11.9 Å². The lowest BCUT2D eigenvalue weighted by atomic mass is 9.79. The minimum Gasteiger partial charge on any atom is -0.490 e. The van der Waals surface area contributed by atoms with Gasteiger partial charge in [-0.15, -0.1) is 11.3 Å². The molecule has 1 aliphatic carbocycles. The second-order valence-corrected chi connectivity index (χ2v) is 10.8. The minimum atomic E-state index is -0.101. The third-order valence-electron chi connectivity index (χ3n) is 7.78. The van der Waals surface area contributed by atoms with Crippen LogP contribution >= 0.6 is 11.3 Å². The predicted octanol–water partition coefficient (Wildman–Crippen LogP) is 5.61. The van der Waals surface area contributed by atoms with Crippen LogP contribution in [0, 0.1) is 5.92 Å². The molecule has 1 saturated heterocycles. The van der Waals surface area contributed by atoms with E-state index in [1.165, 1.54) is 28.9 Å². The number of thiophene rings is 1. The lowest BCUT2D eigenvalue weighted by Crippen LogP contribution is -2.50. The van der Waals surface area contributed by atoms with Crippen molar-refractivity contribution in [2.75, 3.05) is 26.7 Å². The predicted molar refractivity (Wildman–Crippen MR) is 124 cm³/mol. The second kappa shape index (κ2) is 8.45. The molecular formula is C25H35N3O2S. The maximum atomic E-state index is 6.51. The molecule has 31 heavy (non-hydrogen) atoms. The molecule has 4 atom stereocenters. The van der Waals surface area contributed by atoms with Gasteiger partial charge in [0.2, 0.25) is 0 Å². The third-order valence-corrected chi connectivity index (χ3v) is 9.12. The van der Waals surface area contributed by atoms with E-state index in [1.54, 1.807) is 11.9 Å². The van der Waals surface area contributed by atoms with Gasteiger partial charge in [-0.2, -0.15) is 10.2 Å². The molecule has 0 N–H and O–H groups in total. The Kier molecular flexibility index (Phi) is 5.82. The Morgan fingerprint density at radius 1 is 1.39 bits per heavy atom. The molecule has 6 heteroatoms. The standard InChI is InChI=1S/C25H35N3O2S/c1-5-19-13-21-24(31-19)8-11-29-25(21)9-10-28(16(2)14-25)15-18(27-26-4)12-23-17(3)20-6-7-22(20)30-23/h12-13,16,20,22H,5-11,14-15H2,1-4H3/b18-12-,27-26-/t16-,20+,22-,25+/m0/s1. The van der Waals surface area contributed by atoms with E-state index >= 15 is 0 Å².